The third-order valence-corrected chi connectivity index (χ3v) is 5.32. The van der Waals surface area contributed by atoms with E-state index in [0.717, 1.165) is 5.56 Å². The number of hydrogen-bond acceptors (Lipinski definition) is 4. The molecule has 0 fully saturated rings. The Hall–Kier alpha value is -1.95. The third-order valence-electron chi connectivity index (χ3n) is 3.88. The second-order valence-electron chi connectivity index (χ2n) is 8.67. The van der Waals surface area contributed by atoms with Crippen LogP contribution in [0.4, 0.5) is 4.79 Å². The molecule has 148 valence electrons. The molecule has 6 heteroatoms. The minimum atomic E-state index is -0.574. The van der Waals surface area contributed by atoms with E-state index in [-0.39, 0.29) is 16.7 Å². The van der Waals surface area contributed by atoms with Crippen LogP contribution in [0.15, 0.2) is 30.8 Å². The summed E-state index contributed by atoms with van der Waals surface area (Å²) in [6.45, 7) is 16.3. The second-order valence-corrected chi connectivity index (χ2v) is 10.5. The van der Waals surface area contributed by atoms with Crippen molar-refractivity contribution in [2.24, 2.45) is 0 Å². The first kappa shape index (κ1) is 21.4. The van der Waals surface area contributed by atoms with Gasteiger partial charge < -0.3 is 15.0 Å². The normalized spacial score (nSPS) is 15.6. The largest absolute Gasteiger partial charge is 0.444 e. The fraction of sp³-hybridized carbons (Fsp3) is 0.524. The number of hydrogen-bond donors (Lipinski definition) is 1. The van der Waals surface area contributed by atoms with E-state index >= 15 is 0 Å². The molecule has 1 aromatic carbocycles. The maximum atomic E-state index is 12.8. The first-order valence-electron chi connectivity index (χ1n) is 9.11. The van der Waals surface area contributed by atoms with Crippen LogP contribution in [0.25, 0.3) is 5.70 Å². The van der Waals surface area contributed by atoms with Gasteiger partial charge in [-0.05, 0) is 26.8 Å². The number of carbonyl (C=O) groups excluding carboxylic acids is 2. The van der Waals surface area contributed by atoms with Gasteiger partial charge >= 0.3 is 6.09 Å². The van der Waals surface area contributed by atoms with Gasteiger partial charge in [-0.2, -0.15) is 11.8 Å². The monoisotopic (exact) mass is 390 g/mol. The molecule has 0 saturated heterocycles. The lowest BCUT2D eigenvalue weighted by atomic mass is 10.1. The number of nitrogens with one attached hydrogen (secondary N) is 1. The van der Waals surface area contributed by atoms with E-state index in [1.807, 2.05) is 45.0 Å². The van der Waals surface area contributed by atoms with Gasteiger partial charge in [-0.1, -0.05) is 45.5 Å². The molecule has 27 heavy (non-hydrogen) atoms. The predicted octanol–water partition coefficient (Wildman–Crippen LogP) is 4.54. The SMILES string of the molecule is C=C1c2ccccc2C(=O)N1C[C@@H](CSC(C)(C)C)NC(=O)OC(C)(C)C. The molecule has 0 unspecified atom stereocenters. The highest BCUT2D eigenvalue weighted by Gasteiger charge is 2.33. The van der Waals surface area contributed by atoms with Gasteiger partial charge in [-0.3, -0.25) is 4.79 Å². The van der Waals surface area contributed by atoms with Crippen molar-refractivity contribution in [3.63, 3.8) is 0 Å². The lowest BCUT2D eigenvalue weighted by Crippen LogP contribution is -2.47. The van der Waals surface area contributed by atoms with Crippen LogP contribution in [-0.4, -0.2) is 45.6 Å². The van der Waals surface area contributed by atoms with Crippen molar-refractivity contribution < 1.29 is 14.3 Å². The van der Waals surface area contributed by atoms with E-state index in [0.29, 0.717) is 23.6 Å². The average Bonchev–Trinajstić information content (AvgIpc) is 2.75. The minimum absolute atomic E-state index is 0.0445. The Morgan fingerprint density at radius 2 is 1.78 bits per heavy atom. The van der Waals surface area contributed by atoms with E-state index < -0.39 is 11.7 Å². The van der Waals surface area contributed by atoms with Gasteiger partial charge in [0.1, 0.15) is 5.60 Å². The summed E-state index contributed by atoms with van der Waals surface area (Å²) >= 11 is 1.73. The van der Waals surface area contributed by atoms with Crippen LogP contribution in [0, 0.1) is 0 Å². The lowest BCUT2D eigenvalue weighted by Gasteiger charge is -2.29. The lowest BCUT2D eigenvalue weighted by molar-refractivity contribution is 0.0498. The number of thioether (sulfide) groups is 1. The van der Waals surface area contributed by atoms with Gasteiger partial charge in [0.25, 0.3) is 5.91 Å². The van der Waals surface area contributed by atoms with Gasteiger partial charge in [0.05, 0.1) is 6.04 Å². The minimum Gasteiger partial charge on any atom is -0.444 e. The molecule has 0 spiro atoms. The number of fused-ring (bicyclic) bond motifs is 1. The molecule has 1 heterocycles. The van der Waals surface area contributed by atoms with Gasteiger partial charge in [-0.25, -0.2) is 4.79 Å². The molecule has 0 aliphatic carbocycles. The summed E-state index contributed by atoms with van der Waals surface area (Å²) in [5, 5.41) is 2.92. The van der Waals surface area contributed by atoms with Crippen molar-refractivity contribution >= 4 is 29.5 Å². The van der Waals surface area contributed by atoms with E-state index in [4.69, 9.17) is 4.74 Å². The number of amides is 2. The maximum absolute atomic E-state index is 12.8. The van der Waals surface area contributed by atoms with Crippen molar-refractivity contribution in [2.45, 2.75) is 57.9 Å². The fourth-order valence-corrected chi connectivity index (χ4v) is 3.60. The van der Waals surface area contributed by atoms with E-state index in [1.54, 1.807) is 16.7 Å². The molecule has 5 nitrogen and oxygen atoms in total. The number of benzene rings is 1. The van der Waals surface area contributed by atoms with Crippen molar-refractivity contribution in [1.29, 1.82) is 0 Å². The predicted molar refractivity (Wildman–Crippen MR) is 112 cm³/mol. The smallest absolute Gasteiger partial charge is 0.407 e. The van der Waals surface area contributed by atoms with Crippen LogP contribution in [0.5, 0.6) is 0 Å². The first-order chi connectivity index (χ1) is 12.4. The standard InChI is InChI=1S/C21H30N2O3S/c1-14-16-10-8-9-11-17(16)18(24)23(14)12-15(13-27-21(5,6)7)22-19(25)26-20(2,3)4/h8-11,15H,1,12-13H2,2-7H3,(H,22,25)/t15-/m0/s1. The first-order valence-corrected chi connectivity index (χ1v) is 10.1. The van der Waals surface area contributed by atoms with Crippen LogP contribution in [-0.2, 0) is 4.74 Å². The molecule has 0 bridgehead atoms. The van der Waals surface area contributed by atoms with Crippen LogP contribution in [0.3, 0.4) is 0 Å². The highest BCUT2D eigenvalue weighted by atomic mass is 32.2. The number of nitrogens with zero attached hydrogens (tertiary/aromatic N) is 1. The molecule has 0 radical (unpaired) electrons. The molecule has 1 atom stereocenters. The molecular formula is C21H30N2O3S. The summed E-state index contributed by atoms with van der Waals surface area (Å²) in [6, 6.07) is 7.20. The number of carbonyl (C=O) groups is 2. The van der Waals surface area contributed by atoms with E-state index in [1.165, 1.54) is 0 Å². The summed E-state index contributed by atoms with van der Waals surface area (Å²) in [5.74, 6) is 0.586. The molecule has 0 saturated carbocycles. The Kier molecular flexibility index (Phi) is 6.30. The average molecular weight is 391 g/mol. The summed E-state index contributed by atoms with van der Waals surface area (Å²) < 4.78 is 5.44. The number of rotatable bonds is 5. The van der Waals surface area contributed by atoms with E-state index in [2.05, 4.69) is 32.7 Å². The Labute approximate surface area is 166 Å². The molecule has 2 rings (SSSR count). The Morgan fingerprint density at radius 1 is 1.19 bits per heavy atom. The molecular weight excluding hydrogens is 360 g/mol. The van der Waals surface area contributed by atoms with E-state index in [9.17, 15) is 9.59 Å². The van der Waals surface area contributed by atoms with Crippen molar-refractivity contribution in [2.75, 3.05) is 12.3 Å². The summed E-state index contributed by atoms with van der Waals surface area (Å²) in [6.07, 6.45) is -0.475. The Morgan fingerprint density at radius 3 is 2.30 bits per heavy atom. The van der Waals surface area contributed by atoms with Gasteiger partial charge in [0.2, 0.25) is 0 Å². The Bertz CT molecular complexity index is 697. The topological polar surface area (TPSA) is 58.6 Å². The third kappa shape index (κ3) is 6.03. The summed E-state index contributed by atoms with van der Waals surface area (Å²) in [4.78, 5) is 26.7. The van der Waals surface area contributed by atoms with Crippen LogP contribution < -0.4 is 5.32 Å². The van der Waals surface area contributed by atoms with Gasteiger partial charge in [0.15, 0.2) is 0 Å². The second kappa shape index (κ2) is 7.97. The van der Waals surface area contributed by atoms with Crippen LogP contribution >= 0.6 is 11.8 Å². The Balaban J connectivity index is 2.13. The summed E-state index contributed by atoms with van der Waals surface area (Å²) in [7, 11) is 0. The maximum Gasteiger partial charge on any atom is 0.407 e. The molecule has 1 aliphatic heterocycles. The van der Waals surface area contributed by atoms with Crippen molar-refractivity contribution in [3.8, 4) is 0 Å². The van der Waals surface area contributed by atoms with Gasteiger partial charge in [0, 0.05) is 33.9 Å². The summed E-state index contributed by atoms with van der Waals surface area (Å²) in [5.41, 5.74) is 1.60. The zero-order valence-corrected chi connectivity index (χ0v) is 17.9. The van der Waals surface area contributed by atoms with Crippen molar-refractivity contribution in [1.82, 2.24) is 10.2 Å². The molecule has 1 N–H and O–H groups in total. The van der Waals surface area contributed by atoms with Crippen LogP contribution in [0.2, 0.25) is 0 Å². The van der Waals surface area contributed by atoms with Crippen molar-refractivity contribution in [3.05, 3.63) is 42.0 Å². The van der Waals surface area contributed by atoms with Gasteiger partial charge in [-0.15, -0.1) is 0 Å². The zero-order valence-electron chi connectivity index (χ0n) is 17.1. The number of alkyl carbamates (subject to hydrolysis) is 1. The highest BCUT2D eigenvalue weighted by Crippen LogP contribution is 2.32. The quantitative estimate of drug-likeness (QED) is 0.802. The molecule has 1 aromatic rings. The molecule has 1 aliphatic rings. The molecule has 0 aromatic heterocycles. The van der Waals surface area contributed by atoms with Crippen LogP contribution in [0.1, 0.15) is 57.5 Å². The number of ether oxygens (including phenoxy) is 1. The highest BCUT2D eigenvalue weighted by molar-refractivity contribution is 8.00. The zero-order chi connectivity index (χ0) is 20.4. The fourth-order valence-electron chi connectivity index (χ4n) is 2.71. The molecule has 2 amide bonds.